The van der Waals surface area contributed by atoms with Crippen molar-refractivity contribution in [3.63, 3.8) is 0 Å². The lowest BCUT2D eigenvalue weighted by Gasteiger charge is -2.09. The number of methoxy groups -OCH3 is 1. The lowest BCUT2D eigenvalue weighted by atomic mass is 10.1. The smallest absolute Gasteiger partial charge is 0.260 e. The molecule has 1 N–H and O–H groups in total. The maximum absolute atomic E-state index is 12.6. The van der Waals surface area contributed by atoms with E-state index >= 15 is 0 Å². The van der Waals surface area contributed by atoms with Crippen LogP contribution in [0.25, 0.3) is 22.8 Å². The molecule has 0 unspecified atom stereocenters. The van der Waals surface area contributed by atoms with Crippen LogP contribution in [-0.2, 0) is 11.2 Å². The third-order valence-electron chi connectivity index (χ3n) is 4.69. The zero-order chi connectivity index (χ0) is 20.9. The number of carbonyl (C=O) groups is 1. The van der Waals surface area contributed by atoms with E-state index in [0.717, 1.165) is 22.4 Å². The van der Waals surface area contributed by atoms with Gasteiger partial charge in [-0.05, 0) is 36.8 Å². The minimum atomic E-state index is -0.133. The Labute approximate surface area is 174 Å². The number of nitrogens with zero attached hydrogens (tertiary/aromatic N) is 2. The third-order valence-corrected chi connectivity index (χ3v) is 4.69. The number of aryl methyl sites for hydroxylation is 1. The summed E-state index contributed by atoms with van der Waals surface area (Å²) >= 11 is 0. The highest BCUT2D eigenvalue weighted by atomic mass is 16.5. The molecule has 4 rings (SSSR count). The number of carbonyl (C=O) groups excluding carboxylic acids is 1. The van der Waals surface area contributed by atoms with E-state index in [-0.39, 0.29) is 12.3 Å². The van der Waals surface area contributed by atoms with Crippen LogP contribution >= 0.6 is 0 Å². The molecule has 0 saturated heterocycles. The number of para-hydroxylation sites is 1. The zero-order valence-corrected chi connectivity index (χ0v) is 16.8. The highest BCUT2D eigenvalue weighted by molar-refractivity contribution is 5.95. The summed E-state index contributed by atoms with van der Waals surface area (Å²) in [6, 6.07) is 22.7. The van der Waals surface area contributed by atoms with Crippen molar-refractivity contribution < 1.29 is 14.1 Å². The molecule has 3 aromatic carbocycles. The Morgan fingerprint density at radius 2 is 1.73 bits per heavy atom. The summed E-state index contributed by atoms with van der Waals surface area (Å²) in [6.07, 6.45) is 0.247. The van der Waals surface area contributed by atoms with Gasteiger partial charge in [0.2, 0.25) is 11.7 Å². The summed E-state index contributed by atoms with van der Waals surface area (Å²) in [7, 11) is 1.61. The lowest BCUT2D eigenvalue weighted by Crippen LogP contribution is -2.15. The summed E-state index contributed by atoms with van der Waals surface area (Å²) in [6.45, 7) is 2.02. The number of nitrogens with one attached hydrogen (secondary N) is 1. The first-order valence-electron chi connectivity index (χ1n) is 9.55. The molecule has 0 fully saturated rings. The van der Waals surface area contributed by atoms with Crippen molar-refractivity contribution in [1.29, 1.82) is 0 Å². The monoisotopic (exact) mass is 399 g/mol. The second-order valence-corrected chi connectivity index (χ2v) is 6.91. The average Bonchev–Trinajstić information content (AvgIpc) is 3.25. The van der Waals surface area contributed by atoms with Crippen LogP contribution in [0.4, 0.5) is 5.69 Å². The second kappa shape index (κ2) is 8.61. The topological polar surface area (TPSA) is 77.2 Å². The third kappa shape index (κ3) is 4.38. The molecule has 30 heavy (non-hydrogen) atoms. The van der Waals surface area contributed by atoms with E-state index in [9.17, 15) is 4.79 Å². The highest BCUT2D eigenvalue weighted by Crippen LogP contribution is 2.28. The molecule has 4 aromatic rings. The van der Waals surface area contributed by atoms with Crippen molar-refractivity contribution in [2.24, 2.45) is 0 Å². The Balaban J connectivity index is 1.52. The van der Waals surface area contributed by atoms with Crippen molar-refractivity contribution in [2.45, 2.75) is 13.3 Å². The quantitative estimate of drug-likeness (QED) is 0.499. The van der Waals surface area contributed by atoms with Gasteiger partial charge in [0.25, 0.3) is 5.89 Å². The summed E-state index contributed by atoms with van der Waals surface area (Å²) in [5.74, 6) is 1.48. The summed E-state index contributed by atoms with van der Waals surface area (Å²) in [5.41, 5.74) is 4.22. The van der Waals surface area contributed by atoms with Crippen molar-refractivity contribution in [1.82, 2.24) is 10.1 Å². The van der Waals surface area contributed by atoms with Gasteiger partial charge in [-0.25, -0.2) is 0 Å². The Morgan fingerprint density at radius 3 is 2.47 bits per heavy atom. The second-order valence-electron chi connectivity index (χ2n) is 6.91. The molecular formula is C24H21N3O3. The van der Waals surface area contributed by atoms with Crippen LogP contribution in [0.15, 0.2) is 77.3 Å². The predicted octanol–water partition coefficient (Wildman–Crippen LogP) is 4.90. The summed E-state index contributed by atoms with van der Waals surface area (Å²) < 4.78 is 10.6. The number of anilines is 1. The van der Waals surface area contributed by atoms with Crippen molar-refractivity contribution in [3.05, 3.63) is 83.9 Å². The number of amides is 1. The fourth-order valence-corrected chi connectivity index (χ4v) is 3.05. The van der Waals surface area contributed by atoms with Gasteiger partial charge in [0.05, 0.1) is 24.8 Å². The van der Waals surface area contributed by atoms with E-state index in [1.807, 2.05) is 79.7 Å². The molecule has 6 heteroatoms. The fraction of sp³-hybridized carbons (Fsp3) is 0.125. The molecule has 0 spiro atoms. The Kier molecular flexibility index (Phi) is 5.57. The molecule has 1 heterocycles. The molecule has 1 aromatic heterocycles. The van der Waals surface area contributed by atoms with Gasteiger partial charge in [-0.2, -0.15) is 4.98 Å². The van der Waals surface area contributed by atoms with Gasteiger partial charge in [-0.15, -0.1) is 0 Å². The molecule has 0 aliphatic carbocycles. The number of hydrogen-bond acceptors (Lipinski definition) is 5. The van der Waals surface area contributed by atoms with Gasteiger partial charge >= 0.3 is 0 Å². The Bertz CT molecular complexity index is 1150. The van der Waals surface area contributed by atoms with Gasteiger partial charge in [-0.3, -0.25) is 4.79 Å². The van der Waals surface area contributed by atoms with E-state index in [1.165, 1.54) is 0 Å². The van der Waals surface area contributed by atoms with Crippen LogP contribution in [-0.4, -0.2) is 23.2 Å². The van der Waals surface area contributed by atoms with Gasteiger partial charge < -0.3 is 14.6 Å². The van der Waals surface area contributed by atoms with E-state index in [0.29, 0.717) is 23.0 Å². The summed E-state index contributed by atoms with van der Waals surface area (Å²) in [4.78, 5) is 17.1. The maximum Gasteiger partial charge on any atom is 0.260 e. The van der Waals surface area contributed by atoms with E-state index in [4.69, 9.17) is 9.26 Å². The van der Waals surface area contributed by atoms with Gasteiger partial charge in [0.15, 0.2) is 0 Å². The molecule has 0 radical (unpaired) electrons. The maximum atomic E-state index is 12.6. The lowest BCUT2D eigenvalue weighted by molar-refractivity contribution is -0.115. The SMILES string of the molecule is COc1ccc(CC(=O)Nc2ccccc2-c2nc(-c3ccc(C)cc3)no2)cc1. The molecule has 0 bridgehead atoms. The van der Waals surface area contributed by atoms with E-state index < -0.39 is 0 Å². The van der Waals surface area contributed by atoms with Crippen molar-refractivity contribution in [3.8, 4) is 28.6 Å². The molecular weight excluding hydrogens is 378 g/mol. The van der Waals surface area contributed by atoms with Gasteiger partial charge in [0, 0.05) is 5.56 Å². The molecule has 0 saturated carbocycles. The van der Waals surface area contributed by atoms with E-state index in [1.54, 1.807) is 7.11 Å². The fourth-order valence-electron chi connectivity index (χ4n) is 3.05. The molecule has 0 aliphatic rings. The largest absolute Gasteiger partial charge is 0.497 e. The number of hydrogen-bond donors (Lipinski definition) is 1. The summed E-state index contributed by atoms with van der Waals surface area (Å²) in [5, 5.41) is 7.03. The number of rotatable bonds is 6. The highest BCUT2D eigenvalue weighted by Gasteiger charge is 2.15. The zero-order valence-electron chi connectivity index (χ0n) is 16.8. The van der Waals surface area contributed by atoms with Crippen molar-refractivity contribution >= 4 is 11.6 Å². The molecule has 150 valence electrons. The van der Waals surface area contributed by atoms with Crippen LogP contribution in [0.2, 0.25) is 0 Å². The van der Waals surface area contributed by atoms with Gasteiger partial charge in [0.1, 0.15) is 5.75 Å². The van der Waals surface area contributed by atoms with Crippen LogP contribution in [0.3, 0.4) is 0 Å². The number of ether oxygens (including phenoxy) is 1. The number of benzene rings is 3. The number of aromatic nitrogens is 2. The van der Waals surface area contributed by atoms with Crippen molar-refractivity contribution in [2.75, 3.05) is 12.4 Å². The standard InChI is InChI=1S/C24H21N3O3/c1-16-7-11-18(12-8-16)23-26-24(30-27-23)20-5-3-4-6-21(20)25-22(28)15-17-9-13-19(29-2)14-10-17/h3-14H,15H2,1-2H3,(H,25,28). The first-order chi connectivity index (χ1) is 14.6. The Hall–Kier alpha value is -3.93. The van der Waals surface area contributed by atoms with Gasteiger partial charge in [-0.1, -0.05) is 59.3 Å². The van der Waals surface area contributed by atoms with Crippen LogP contribution in [0.1, 0.15) is 11.1 Å². The predicted molar refractivity (Wildman–Crippen MR) is 115 cm³/mol. The molecule has 1 amide bonds. The first kappa shape index (κ1) is 19.4. The Morgan fingerprint density at radius 1 is 1.00 bits per heavy atom. The van der Waals surface area contributed by atoms with Crippen LogP contribution in [0, 0.1) is 6.92 Å². The van der Waals surface area contributed by atoms with Crippen LogP contribution < -0.4 is 10.1 Å². The molecule has 0 aliphatic heterocycles. The minimum Gasteiger partial charge on any atom is -0.497 e. The average molecular weight is 399 g/mol. The normalized spacial score (nSPS) is 10.6. The first-order valence-corrected chi connectivity index (χ1v) is 9.55. The molecule has 0 atom stereocenters. The van der Waals surface area contributed by atoms with E-state index in [2.05, 4.69) is 15.5 Å². The minimum absolute atomic E-state index is 0.133. The molecule has 6 nitrogen and oxygen atoms in total. The van der Waals surface area contributed by atoms with Crippen LogP contribution in [0.5, 0.6) is 5.75 Å².